The van der Waals surface area contributed by atoms with Crippen molar-refractivity contribution in [1.29, 1.82) is 0 Å². The number of ether oxygens (including phenoxy) is 2. The first kappa shape index (κ1) is 10.4. The zero-order valence-corrected chi connectivity index (χ0v) is 8.29. The molecule has 0 radical (unpaired) electrons. The number of carboxylic acids is 1. The van der Waals surface area contributed by atoms with E-state index in [1.54, 1.807) is 13.0 Å². The Morgan fingerprint density at radius 1 is 1.21 bits per heavy atom. The Hall–Kier alpha value is -1.71. The smallest absolute Gasteiger partial charge is 0.161 e. The number of carbonyl (C=O) groups excluding carboxylic acids is 1. The maximum absolute atomic E-state index is 10.7. The first-order valence-electron chi connectivity index (χ1n) is 4.04. The maximum Gasteiger partial charge on any atom is 0.161 e. The van der Waals surface area contributed by atoms with Crippen molar-refractivity contribution >= 4 is 5.97 Å². The topological polar surface area (TPSA) is 58.6 Å². The van der Waals surface area contributed by atoms with E-state index in [9.17, 15) is 9.90 Å². The van der Waals surface area contributed by atoms with Gasteiger partial charge in [0.25, 0.3) is 0 Å². The normalized spacial score (nSPS) is 9.64. The zero-order valence-electron chi connectivity index (χ0n) is 8.29. The van der Waals surface area contributed by atoms with E-state index < -0.39 is 5.97 Å². The summed E-state index contributed by atoms with van der Waals surface area (Å²) in [4.78, 5) is 10.7. The Bertz CT molecular complexity index is 357. The quantitative estimate of drug-likeness (QED) is 0.699. The minimum absolute atomic E-state index is 0.114. The van der Waals surface area contributed by atoms with Crippen molar-refractivity contribution in [1.82, 2.24) is 0 Å². The van der Waals surface area contributed by atoms with Gasteiger partial charge >= 0.3 is 0 Å². The van der Waals surface area contributed by atoms with Gasteiger partial charge in [-0.15, -0.1) is 0 Å². The van der Waals surface area contributed by atoms with Gasteiger partial charge in [-0.25, -0.2) is 0 Å². The molecular weight excluding hydrogens is 184 g/mol. The van der Waals surface area contributed by atoms with Gasteiger partial charge in [0.15, 0.2) is 11.5 Å². The highest BCUT2D eigenvalue weighted by atomic mass is 16.5. The van der Waals surface area contributed by atoms with E-state index in [0.29, 0.717) is 17.1 Å². The fourth-order valence-electron chi connectivity index (χ4n) is 1.20. The molecule has 0 spiro atoms. The van der Waals surface area contributed by atoms with E-state index in [-0.39, 0.29) is 5.56 Å². The lowest BCUT2D eigenvalue weighted by atomic mass is 10.1. The second-order valence-corrected chi connectivity index (χ2v) is 2.81. The molecule has 0 amide bonds. The van der Waals surface area contributed by atoms with E-state index in [1.807, 2.05) is 0 Å². The summed E-state index contributed by atoms with van der Waals surface area (Å²) < 4.78 is 9.98. The Labute approximate surface area is 82.1 Å². The predicted octanol–water partition coefficient (Wildman–Crippen LogP) is 0.376. The van der Waals surface area contributed by atoms with Gasteiger partial charge in [-0.3, -0.25) is 0 Å². The van der Waals surface area contributed by atoms with Crippen molar-refractivity contribution in [3.05, 3.63) is 23.3 Å². The van der Waals surface area contributed by atoms with Crippen molar-refractivity contribution in [3.63, 3.8) is 0 Å². The van der Waals surface area contributed by atoms with Crippen LogP contribution in [0.25, 0.3) is 0 Å². The monoisotopic (exact) mass is 195 g/mol. The van der Waals surface area contributed by atoms with Crippen molar-refractivity contribution in [3.8, 4) is 11.5 Å². The summed E-state index contributed by atoms with van der Waals surface area (Å²) in [5.74, 6) is -0.323. The lowest BCUT2D eigenvalue weighted by Gasteiger charge is -2.12. The van der Waals surface area contributed by atoms with Crippen LogP contribution in [0.3, 0.4) is 0 Å². The average molecular weight is 195 g/mol. The number of hydrogen-bond donors (Lipinski definition) is 0. The van der Waals surface area contributed by atoms with Crippen LogP contribution in [-0.4, -0.2) is 20.2 Å². The SMILES string of the molecule is COc1cc(C)c(C(=O)[O-])cc1OC. The summed E-state index contributed by atoms with van der Waals surface area (Å²) in [7, 11) is 2.95. The largest absolute Gasteiger partial charge is 0.545 e. The molecule has 0 aliphatic rings. The van der Waals surface area contributed by atoms with Crippen LogP contribution >= 0.6 is 0 Å². The molecule has 0 aliphatic carbocycles. The molecular formula is C10H11O4-. The van der Waals surface area contributed by atoms with Crippen molar-refractivity contribution in [2.75, 3.05) is 14.2 Å². The van der Waals surface area contributed by atoms with Crippen LogP contribution in [0, 0.1) is 6.92 Å². The van der Waals surface area contributed by atoms with Crippen LogP contribution in [0.1, 0.15) is 15.9 Å². The summed E-state index contributed by atoms with van der Waals surface area (Å²) in [5.41, 5.74) is 0.699. The summed E-state index contributed by atoms with van der Waals surface area (Å²) in [5, 5.41) is 10.7. The van der Waals surface area contributed by atoms with E-state index >= 15 is 0 Å². The molecule has 0 atom stereocenters. The van der Waals surface area contributed by atoms with E-state index in [2.05, 4.69) is 0 Å². The number of aromatic carboxylic acids is 1. The highest BCUT2D eigenvalue weighted by molar-refractivity contribution is 5.88. The highest BCUT2D eigenvalue weighted by Gasteiger charge is 2.08. The minimum Gasteiger partial charge on any atom is -0.545 e. The van der Waals surface area contributed by atoms with Gasteiger partial charge in [-0.05, 0) is 24.6 Å². The summed E-state index contributed by atoms with van der Waals surface area (Å²) in [6, 6.07) is 2.99. The van der Waals surface area contributed by atoms with Crippen LogP contribution in [0.2, 0.25) is 0 Å². The van der Waals surface area contributed by atoms with Crippen molar-refractivity contribution < 1.29 is 19.4 Å². The van der Waals surface area contributed by atoms with Crippen LogP contribution in [0.15, 0.2) is 12.1 Å². The number of carbonyl (C=O) groups is 1. The highest BCUT2D eigenvalue weighted by Crippen LogP contribution is 2.29. The Kier molecular flexibility index (Phi) is 2.96. The summed E-state index contributed by atoms with van der Waals surface area (Å²) >= 11 is 0. The van der Waals surface area contributed by atoms with E-state index in [1.165, 1.54) is 20.3 Å². The molecule has 4 nitrogen and oxygen atoms in total. The maximum atomic E-state index is 10.7. The second kappa shape index (κ2) is 4.00. The van der Waals surface area contributed by atoms with Crippen molar-refractivity contribution in [2.45, 2.75) is 6.92 Å². The molecule has 1 rings (SSSR count). The molecule has 0 bridgehead atoms. The fourth-order valence-corrected chi connectivity index (χ4v) is 1.20. The molecule has 4 heteroatoms. The predicted molar refractivity (Wildman–Crippen MR) is 48.6 cm³/mol. The fraction of sp³-hybridized carbons (Fsp3) is 0.300. The molecule has 0 heterocycles. The molecule has 0 aromatic heterocycles. The Morgan fingerprint density at radius 2 is 1.71 bits per heavy atom. The average Bonchev–Trinajstić information content (AvgIpc) is 2.16. The van der Waals surface area contributed by atoms with Crippen molar-refractivity contribution in [2.24, 2.45) is 0 Å². The third-order valence-electron chi connectivity index (χ3n) is 1.95. The Morgan fingerprint density at radius 3 is 2.14 bits per heavy atom. The van der Waals surface area contributed by atoms with Gasteiger partial charge in [-0.1, -0.05) is 0 Å². The third kappa shape index (κ3) is 1.79. The third-order valence-corrected chi connectivity index (χ3v) is 1.95. The first-order chi connectivity index (χ1) is 6.60. The molecule has 1 aromatic carbocycles. The standard InChI is InChI=1S/C10H12O4/c1-6-4-8(13-2)9(14-3)5-7(6)10(11)12/h4-5H,1-3H3,(H,11,12)/p-1. The number of methoxy groups -OCH3 is 2. The van der Waals surface area contributed by atoms with Gasteiger partial charge in [-0.2, -0.15) is 0 Å². The van der Waals surface area contributed by atoms with Gasteiger partial charge in [0, 0.05) is 5.56 Å². The summed E-state index contributed by atoms with van der Waals surface area (Å²) in [6.07, 6.45) is 0. The molecule has 0 saturated carbocycles. The number of aryl methyl sites for hydroxylation is 1. The van der Waals surface area contributed by atoms with Crippen LogP contribution < -0.4 is 14.6 Å². The Balaban J connectivity index is 3.30. The molecule has 1 aromatic rings. The van der Waals surface area contributed by atoms with Gasteiger partial charge in [0.1, 0.15) is 0 Å². The lowest BCUT2D eigenvalue weighted by Crippen LogP contribution is -2.23. The molecule has 76 valence electrons. The van der Waals surface area contributed by atoms with E-state index in [4.69, 9.17) is 9.47 Å². The minimum atomic E-state index is -1.22. The lowest BCUT2D eigenvalue weighted by molar-refractivity contribution is -0.255. The number of carboxylic acid groups (broad SMARTS) is 1. The van der Waals surface area contributed by atoms with Crippen LogP contribution in [0.4, 0.5) is 0 Å². The molecule has 0 unspecified atom stereocenters. The summed E-state index contributed by atoms with van der Waals surface area (Å²) in [6.45, 7) is 1.67. The number of benzene rings is 1. The first-order valence-corrected chi connectivity index (χ1v) is 4.04. The molecule has 0 aliphatic heterocycles. The van der Waals surface area contributed by atoms with Gasteiger partial charge in [0.2, 0.25) is 0 Å². The second-order valence-electron chi connectivity index (χ2n) is 2.81. The van der Waals surface area contributed by atoms with Gasteiger partial charge < -0.3 is 19.4 Å². The number of hydrogen-bond acceptors (Lipinski definition) is 4. The van der Waals surface area contributed by atoms with E-state index in [0.717, 1.165) is 0 Å². The molecule has 0 fully saturated rings. The van der Waals surface area contributed by atoms with Crippen LogP contribution in [-0.2, 0) is 0 Å². The number of rotatable bonds is 3. The zero-order chi connectivity index (χ0) is 10.7. The molecule has 14 heavy (non-hydrogen) atoms. The van der Waals surface area contributed by atoms with Crippen LogP contribution in [0.5, 0.6) is 11.5 Å². The molecule has 0 N–H and O–H groups in total. The molecule has 0 saturated heterocycles. The van der Waals surface area contributed by atoms with Gasteiger partial charge in [0.05, 0.1) is 20.2 Å².